The number of aromatic amines is 2. The van der Waals surface area contributed by atoms with Gasteiger partial charge in [-0.15, -0.1) is 0 Å². The molecule has 2 aromatic rings. The monoisotopic (exact) mass is 137 g/mol. The van der Waals surface area contributed by atoms with Crippen molar-refractivity contribution in [1.82, 2.24) is 15.0 Å². The lowest BCUT2D eigenvalue weighted by molar-refractivity contribution is 1.31. The Balaban J connectivity index is 2.83. The van der Waals surface area contributed by atoms with Gasteiger partial charge < -0.3 is 21.4 Å². The molecule has 5 heteroatoms. The first-order valence-electron chi connectivity index (χ1n) is 2.85. The van der Waals surface area contributed by atoms with Gasteiger partial charge in [0.2, 0.25) is 0 Å². The number of nitrogen functional groups attached to an aromatic ring is 2. The molecule has 0 spiro atoms. The Morgan fingerprint density at radius 3 is 2.80 bits per heavy atom. The number of imidazole rings is 1. The fourth-order valence-electron chi connectivity index (χ4n) is 0.934. The third kappa shape index (κ3) is 0.540. The first kappa shape index (κ1) is 5.16. The van der Waals surface area contributed by atoms with E-state index in [1.54, 1.807) is 6.07 Å². The first-order chi connectivity index (χ1) is 4.75. The molecule has 0 bridgehead atoms. The van der Waals surface area contributed by atoms with E-state index in [1.165, 1.54) is 0 Å². The molecule has 0 fully saturated rings. The highest BCUT2D eigenvalue weighted by atomic mass is 15.1. The van der Waals surface area contributed by atoms with Gasteiger partial charge in [0.05, 0.1) is 5.52 Å². The first-order valence-corrected chi connectivity index (χ1v) is 2.85. The zero-order chi connectivity index (χ0) is 7.14. The average Bonchev–Trinajstić information content (AvgIpc) is 2.21. The SMILES string of the molecule is Nc1cc2[nH]c(N)nc2[nH]1. The summed E-state index contributed by atoms with van der Waals surface area (Å²) in [5.74, 6) is 0.995. The highest BCUT2D eigenvalue weighted by Gasteiger charge is 2.00. The number of aromatic nitrogens is 3. The normalized spacial score (nSPS) is 10.8. The van der Waals surface area contributed by atoms with Gasteiger partial charge in [0, 0.05) is 6.07 Å². The van der Waals surface area contributed by atoms with E-state index in [0.29, 0.717) is 17.4 Å². The summed E-state index contributed by atoms with van der Waals surface area (Å²) >= 11 is 0. The molecule has 0 aliphatic rings. The maximum absolute atomic E-state index is 5.43. The number of nitrogens with two attached hydrogens (primary N) is 2. The van der Waals surface area contributed by atoms with Crippen molar-refractivity contribution in [3.63, 3.8) is 0 Å². The van der Waals surface area contributed by atoms with Crippen molar-refractivity contribution in [2.75, 3.05) is 11.5 Å². The number of rotatable bonds is 0. The molecule has 10 heavy (non-hydrogen) atoms. The number of hydrogen-bond acceptors (Lipinski definition) is 3. The van der Waals surface area contributed by atoms with Gasteiger partial charge in [0.1, 0.15) is 5.82 Å². The highest BCUT2D eigenvalue weighted by Crippen LogP contribution is 2.13. The van der Waals surface area contributed by atoms with Crippen LogP contribution in [-0.4, -0.2) is 15.0 Å². The molecule has 0 unspecified atom stereocenters. The zero-order valence-electron chi connectivity index (χ0n) is 5.18. The van der Waals surface area contributed by atoms with Crippen LogP contribution in [0.5, 0.6) is 0 Å². The molecule has 0 atom stereocenters. The number of nitrogens with one attached hydrogen (secondary N) is 2. The summed E-state index contributed by atoms with van der Waals surface area (Å²) in [6.07, 6.45) is 0. The Kier molecular flexibility index (Phi) is 0.743. The van der Waals surface area contributed by atoms with E-state index in [0.717, 1.165) is 5.52 Å². The minimum atomic E-state index is 0.404. The van der Waals surface area contributed by atoms with Crippen LogP contribution in [0.3, 0.4) is 0 Å². The van der Waals surface area contributed by atoms with Crippen molar-refractivity contribution in [3.05, 3.63) is 6.07 Å². The van der Waals surface area contributed by atoms with Crippen LogP contribution in [0.25, 0.3) is 11.2 Å². The molecule has 0 aliphatic carbocycles. The Bertz CT molecular complexity index is 294. The maximum Gasteiger partial charge on any atom is 0.199 e. The van der Waals surface area contributed by atoms with Crippen LogP contribution in [-0.2, 0) is 0 Å². The largest absolute Gasteiger partial charge is 0.385 e. The van der Waals surface area contributed by atoms with Crippen molar-refractivity contribution in [3.8, 4) is 0 Å². The van der Waals surface area contributed by atoms with E-state index in [1.807, 2.05) is 0 Å². The molecule has 52 valence electrons. The Labute approximate surface area is 56.4 Å². The van der Waals surface area contributed by atoms with Crippen LogP contribution in [0.15, 0.2) is 6.07 Å². The van der Waals surface area contributed by atoms with E-state index in [2.05, 4.69) is 15.0 Å². The molecule has 5 nitrogen and oxygen atoms in total. The molecule has 0 saturated heterocycles. The van der Waals surface area contributed by atoms with E-state index >= 15 is 0 Å². The van der Waals surface area contributed by atoms with Crippen LogP contribution >= 0.6 is 0 Å². The number of nitrogens with zero attached hydrogens (tertiary/aromatic N) is 1. The molecular formula is C5H7N5. The zero-order valence-corrected chi connectivity index (χ0v) is 5.18. The summed E-state index contributed by atoms with van der Waals surface area (Å²) in [5, 5.41) is 0. The maximum atomic E-state index is 5.43. The molecule has 0 aliphatic heterocycles. The third-order valence-corrected chi connectivity index (χ3v) is 1.31. The van der Waals surface area contributed by atoms with Crippen LogP contribution in [0.4, 0.5) is 11.8 Å². The van der Waals surface area contributed by atoms with Gasteiger partial charge in [-0.3, -0.25) is 0 Å². The predicted molar refractivity (Wildman–Crippen MR) is 39.3 cm³/mol. The summed E-state index contributed by atoms with van der Waals surface area (Å²) in [6, 6.07) is 1.75. The smallest absolute Gasteiger partial charge is 0.199 e. The lowest BCUT2D eigenvalue weighted by Crippen LogP contribution is -1.87. The summed E-state index contributed by atoms with van der Waals surface area (Å²) in [5.41, 5.74) is 12.3. The molecule has 0 amide bonds. The van der Waals surface area contributed by atoms with Crippen molar-refractivity contribution in [2.24, 2.45) is 0 Å². The molecule has 2 heterocycles. The summed E-state index contributed by atoms with van der Waals surface area (Å²) in [4.78, 5) is 9.59. The molecule has 0 radical (unpaired) electrons. The fraction of sp³-hybridized carbons (Fsp3) is 0. The van der Waals surface area contributed by atoms with Crippen LogP contribution in [0.1, 0.15) is 0 Å². The third-order valence-electron chi connectivity index (χ3n) is 1.31. The van der Waals surface area contributed by atoms with Crippen molar-refractivity contribution >= 4 is 22.9 Å². The number of H-pyrrole nitrogens is 2. The second kappa shape index (κ2) is 1.44. The molecule has 2 aromatic heterocycles. The molecule has 0 aromatic carbocycles. The quantitative estimate of drug-likeness (QED) is 0.413. The van der Waals surface area contributed by atoms with Gasteiger partial charge in [-0.25, -0.2) is 0 Å². The second-order valence-corrected chi connectivity index (χ2v) is 2.11. The van der Waals surface area contributed by atoms with E-state index in [4.69, 9.17) is 11.5 Å². The van der Waals surface area contributed by atoms with E-state index in [-0.39, 0.29) is 0 Å². The highest BCUT2D eigenvalue weighted by molar-refractivity contribution is 5.78. The number of fused-ring (bicyclic) bond motifs is 1. The van der Waals surface area contributed by atoms with Crippen molar-refractivity contribution < 1.29 is 0 Å². The summed E-state index contributed by atoms with van der Waals surface area (Å²) in [7, 11) is 0. The van der Waals surface area contributed by atoms with Crippen molar-refractivity contribution in [2.45, 2.75) is 0 Å². The Morgan fingerprint density at radius 1 is 1.30 bits per heavy atom. The standard InChI is InChI=1S/C5H7N5/c6-3-1-2-4(9-3)10-5(7)8-2/h1,9H,6H2,(H3,7,8,10). The average molecular weight is 137 g/mol. The molecule has 6 N–H and O–H groups in total. The predicted octanol–water partition coefficient (Wildman–Crippen LogP) is 0.0554. The minimum Gasteiger partial charge on any atom is -0.385 e. The van der Waals surface area contributed by atoms with Gasteiger partial charge >= 0.3 is 0 Å². The Hall–Kier alpha value is -1.65. The van der Waals surface area contributed by atoms with Gasteiger partial charge in [-0.1, -0.05) is 0 Å². The number of hydrogen-bond donors (Lipinski definition) is 4. The number of anilines is 2. The van der Waals surface area contributed by atoms with E-state index in [9.17, 15) is 0 Å². The van der Waals surface area contributed by atoms with Crippen molar-refractivity contribution in [1.29, 1.82) is 0 Å². The molecule has 0 saturated carbocycles. The summed E-state index contributed by atoms with van der Waals surface area (Å²) < 4.78 is 0. The van der Waals surface area contributed by atoms with Crippen LogP contribution < -0.4 is 11.5 Å². The van der Waals surface area contributed by atoms with Gasteiger partial charge in [0.25, 0.3) is 0 Å². The van der Waals surface area contributed by atoms with Crippen LogP contribution in [0, 0.1) is 0 Å². The minimum absolute atomic E-state index is 0.404. The van der Waals surface area contributed by atoms with Gasteiger partial charge in [0.15, 0.2) is 11.6 Å². The lowest BCUT2D eigenvalue weighted by Gasteiger charge is -1.79. The molecule has 2 rings (SSSR count). The lowest BCUT2D eigenvalue weighted by atomic mass is 10.5. The van der Waals surface area contributed by atoms with Gasteiger partial charge in [-0.2, -0.15) is 4.98 Å². The topological polar surface area (TPSA) is 96.5 Å². The van der Waals surface area contributed by atoms with Crippen LogP contribution in [0.2, 0.25) is 0 Å². The van der Waals surface area contributed by atoms with E-state index < -0.39 is 0 Å². The summed E-state index contributed by atoms with van der Waals surface area (Å²) in [6.45, 7) is 0. The second-order valence-electron chi connectivity index (χ2n) is 2.11. The van der Waals surface area contributed by atoms with Gasteiger partial charge in [-0.05, 0) is 0 Å². The Morgan fingerprint density at radius 2 is 2.10 bits per heavy atom. The molecular weight excluding hydrogens is 130 g/mol. The fourth-order valence-corrected chi connectivity index (χ4v) is 0.934.